The summed E-state index contributed by atoms with van der Waals surface area (Å²) in [5, 5.41) is 0. The Balaban J connectivity index is 1.82. The van der Waals surface area contributed by atoms with Crippen LogP contribution in [-0.4, -0.2) is 11.7 Å². The van der Waals surface area contributed by atoms with Crippen LogP contribution in [0, 0.1) is 5.92 Å². The lowest BCUT2D eigenvalue weighted by Gasteiger charge is -2.13. The van der Waals surface area contributed by atoms with Gasteiger partial charge in [0.05, 0.1) is 0 Å². The van der Waals surface area contributed by atoms with E-state index in [0.717, 1.165) is 5.56 Å². The average molecular weight is 267 g/mol. The van der Waals surface area contributed by atoms with Gasteiger partial charge in [0.2, 0.25) is 5.92 Å². The summed E-state index contributed by atoms with van der Waals surface area (Å²) in [6.45, 7) is 0. The van der Waals surface area contributed by atoms with Gasteiger partial charge >= 0.3 is 0 Å². The van der Waals surface area contributed by atoms with Gasteiger partial charge in [0.1, 0.15) is 5.78 Å². The largest absolute Gasteiger partial charge is 0.324 e. The van der Waals surface area contributed by atoms with E-state index < -0.39 is 5.92 Å². The molecular weight excluding hydrogens is 248 g/mol. The fourth-order valence-corrected chi connectivity index (χ4v) is 2.68. The third-order valence-corrected chi connectivity index (χ3v) is 3.70. The summed E-state index contributed by atoms with van der Waals surface area (Å²) in [7, 11) is 0. The molecule has 2 rings (SSSR count). The molecule has 0 bridgehead atoms. The van der Waals surface area contributed by atoms with Crippen molar-refractivity contribution in [2.45, 2.75) is 44.1 Å². The zero-order valence-electron chi connectivity index (χ0n) is 10.8. The molecule has 1 saturated carbocycles. The molecule has 1 aromatic carbocycles. The fourth-order valence-electron chi connectivity index (χ4n) is 2.68. The molecule has 19 heavy (non-hydrogen) atoms. The first-order valence-electron chi connectivity index (χ1n) is 6.66. The zero-order valence-corrected chi connectivity index (χ0v) is 10.8. The lowest BCUT2D eigenvalue weighted by molar-refractivity contribution is -0.120. The number of nitrogens with two attached hydrogens (primary N) is 1. The summed E-state index contributed by atoms with van der Waals surface area (Å²) >= 11 is 0. The first kappa shape index (κ1) is 14.1. The number of carbonyl (C=O) groups is 1. The zero-order chi connectivity index (χ0) is 13.9. The SMILES string of the molecule is NC(CC(=O)CC1CCC(F)(F)C1)c1ccccc1. The quantitative estimate of drug-likeness (QED) is 0.887. The summed E-state index contributed by atoms with van der Waals surface area (Å²) in [6.07, 6.45) is 0.663. The molecule has 1 aliphatic rings. The Morgan fingerprint density at radius 1 is 1.37 bits per heavy atom. The summed E-state index contributed by atoms with van der Waals surface area (Å²) in [4.78, 5) is 11.9. The minimum atomic E-state index is -2.58. The van der Waals surface area contributed by atoms with Crippen LogP contribution < -0.4 is 5.73 Å². The summed E-state index contributed by atoms with van der Waals surface area (Å²) in [5.74, 6) is -2.77. The van der Waals surface area contributed by atoms with Crippen molar-refractivity contribution in [2.24, 2.45) is 11.7 Å². The van der Waals surface area contributed by atoms with E-state index >= 15 is 0 Å². The Morgan fingerprint density at radius 2 is 2.05 bits per heavy atom. The standard InChI is InChI=1S/C15H19F2NO/c16-15(17)7-6-11(10-15)8-13(19)9-14(18)12-4-2-1-3-5-12/h1-5,11,14H,6-10,18H2. The molecule has 2 unspecified atom stereocenters. The number of carbonyl (C=O) groups excluding carboxylic acids is 1. The number of Topliss-reactive ketones (excluding diaryl/α,β-unsaturated/α-hetero) is 1. The van der Waals surface area contributed by atoms with Gasteiger partial charge in [-0.3, -0.25) is 4.79 Å². The van der Waals surface area contributed by atoms with Gasteiger partial charge in [0.15, 0.2) is 0 Å². The Kier molecular flexibility index (Phi) is 4.30. The molecule has 1 aliphatic carbocycles. The van der Waals surface area contributed by atoms with E-state index in [1.54, 1.807) is 0 Å². The minimum absolute atomic E-state index is 0.0148. The first-order valence-corrected chi connectivity index (χ1v) is 6.66. The van der Waals surface area contributed by atoms with Crippen LogP contribution >= 0.6 is 0 Å². The van der Waals surface area contributed by atoms with Crippen molar-refractivity contribution >= 4 is 5.78 Å². The van der Waals surface area contributed by atoms with Crippen molar-refractivity contribution in [3.63, 3.8) is 0 Å². The Morgan fingerprint density at radius 3 is 2.63 bits per heavy atom. The van der Waals surface area contributed by atoms with Gasteiger partial charge in [-0.15, -0.1) is 0 Å². The second-order valence-corrected chi connectivity index (χ2v) is 5.43. The van der Waals surface area contributed by atoms with Gasteiger partial charge in [-0.1, -0.05) is 30.3 Å². The molecule has 2 atom stereocenters. The topological polar surface area (TPSA) is 43.1 Å². The van der Waals surface area contributed by atoms with Crippen molar-refractivity contribution in [3.05, 3.63) is 35.9 Å². The molecule has 0 heterocycles. The van der Waals surface area contributed by atoms with Gasteiger partial charge in [0.25, 0.3) is 0 Å². The van der Waals surface area contributed by atoms with Crippen LogP contribution in [0.1, 0.15) is 43.7 Å². The van der Waals surface area contributed by atoms with Crippen molar-refractivity contribution in [1.82, 2.24) is 0 Å². The summed E-state index contributed by atoms with van der Waals surface area (Å²) in [6, 6.07) is 9.05. The number of benzene rings is 1. The van der Waals surface area contributed by atoms with Crippen molar-refractivity contribution in [3.8, 4) is 0 Å². The number of hydrogen-bond donors (Lipinski definition) is 1. The molecule has 2 nitrogen and oxygen atoms in total. The van der Waals surface area contributed by atoms with E-state index in [4.69, 9.17) is 5.73 Å². The highest BCUT2D eigenvalue weighted by molar-refractivity contribution is 5.79. The minimum Gasteiger partial charge on any atom is -0.324 e. The molecule has 0 saturated heterocycles. The van der Waals surface area contributed by atoms with E-state index in [0.29, 0.717) is 6.42 Å². The normalized spacial score (nSPS) is 23.2. The van der Waals surface area contributed by atoms with Gasteiger partial charge in [-0.2, -0.15) is 0 Å². The molecule has 2 N–H and O–H groups in total. The van der Waals surface area contributed by atoms with E-state index in [2.05, 4.69) is 0 Å². The van der Waals surface area contributed by atoms with Gasteiger partial charge < -0.3 is 5.73 Å². The number of alkyl halides is 2. The molecule has 1 fully saturated rings. The van der Waals surface area contributed by atoms with Crippen molar-refractivity contribution in [2.75, 3.05) is 0 Å². The second kappa shape index (κ2) is 5.78. The molecule has 0 amide bonds. The van der Waals surface area contributed by atoms with Crippen LogP contribution in [0.15, 0.2) is 30.3 Å². The predicted octanol–water partition coefficient (Wildman–Crippen LogP) is 3.47. The summed E-state index contributed by atoms with van der Waals surface area (Å²) < 4.78 is 26.1. The molecule has 0 aliphatic heterocycles. The third kappa shape index (κ3) is 4.10. The van der Waals surface area contributed by atoms with Gasteiger partial charge in [-0.05, 0) is 17.9 Å². The van der Waals surface area contributed by atoms with Gasteiger partial charge in [0, 0.05) is 31.7 Å². The van der Waals surface area contributed by atoms with E-state index in [9.17, 15) is 13.6 Å². The van der Waals surface area contributed by atoms with Crippen LogP contribution in [0.25, 0.3) is 0 Å². The maximum absolute atomic E-state index is 13.0. The maximum Gasteiger partial charge on any atom is 0.248 e. The van der Waals surface area contributed by atoms with Crippen LogP contribution in [-0.2, 0) is 4.79 Å². The Bertz CT molecular complexity index is 433. The molecule has 0 aromatic heterocycles. The van der Waals surface area contributed by atoms with Crippen LogP contribution in [0.5, 0.6) is 0 Å². The van der Waals surface area contributed by atoms with E-state index in [1.165, 1.54) is 0 Å². The van der Waals surface area contributed by atoms with Crippen molar-refractivity contribution in [1.29, 1.82) is 0 Å². The number of rotatable bonds is 5. The predicted molar refractivity (Wildman–Crippen MR) is 69.9 cm³/mol. The van der Waals surface area contributed by atoms with Crippen molar-refractivity contribution < 1.29 is 13.6 Å². The van der Waals surface area contributed by atoms with Gasteiger partial charge in [-0.25, -0.2) is 8.78 Å². The second-order valence-electron chi connectivity index (χ2n) is 5.43. The number of hydrogen-bond acceptors (Lipinski definition) is 2. The molecule has 104 valence electrons. The molecule has 0 radical (unpaired) electrons. The van der Waals surface area contributed by atoms with Crippen LogP contribution in [0.3, 0.4) is 0 Å². The lowest BCUT2D eigenvalue weighted by atomic mass is 9.95. The lowest BCUT2D eigenvalue weighted by Crippen LogP contribution is -2.17. The monoisotopic (exact) mass is 267 g/mol. The Labute approximate surface area is 112 Å². The molecule has 4 heteroatoms. The third-order valence-electron chi connectivity index (χ3n) is 3.70. The highest BCUT2D eigenvalue weighted by atomic mass is 19.3. The fraction of sp³-hybridized carbons (Fsp3) is 0.533. The van der Waals surface area contributed by atoms with Crippen LogP contribution in [0.4, 0.5) is 8.78 Å². The summed E-state index contributed by atoms with van der Waals surface area (Å²) in [5.41, 5.74) is 6.86. The molecule has 0 spiro atoms. The number of halogens is 2. The average Bonchev–Trinajstić information content (AvgIpc) is 2.69. The molecular formula is C15H19F2NO. The van der Waals surface area contributed by atoms with E-state index in [-0.39, 0.29) is 43.4 Å². The number of ketones is 1. The highest BCUT2D eigenvalue weighted by Gasteiger charge is 2.39. The first-order chi connectivity index (χ1) is 8.96. The Hall–Kier alpha value is -1.29. The highest BCUT2D eigenvalue weighted by Crippen LogP contribution is 2.40. The maximum atomic E-state index is 13.0. The van der Waals surface area contributed by atoms with Crippen LogP contribution in [0.2, 0.25) is 0 Å². The molecule has 1 aromatic rings. The van der Waals surface area contributed by atoms with E-state index in [1.807, 2.05) is 30.3 Å². The smallest absolute Gasteiger partial charge is 0.248 e.